The highest BCUT2D eigenvalue weighted by Crippen LogP contribution is 2.37. The van der Waals surface area contributed by atoms with Gasteiger partial charge in [0.1, 0.15) is 5.72 Å². The molecule has 1 unspecified atom stereocenters. The number of ether oxygens (including phenoxy) is 1. The minimum Gasteiger partial charge on any atom is -0.360 e. The van der Waals surface area contributed by atoms with Crippen molar-refractivity contribution in [3.8, 4) is 0 Å². The molecule has 2 fully saturated rings. The molecule has 0 aromatic heterocycles. The molecule has 1 spiro atoms. The lowest BCUT2D eigenvalue weighted by Crippen LogP contribution is -2.67. The van der Waals surface area contributed by atoms with Crippen molar-refractivity contribution < 1.29 is 4.74 Å². The van der Waals surface area contributed by atoms with E-state index < -0.39 is 0 Å². The summed E-state index contributed by atoms with van der Waals surface area (Å²) in [5.74, 6) is 0.657. The van der Waals surface area contributed by atoms with E-state index in [0.29, 0.717) is 12.0 Å². The standard InChI is InChI=1S/C15H30N2O/c1-6-17-9-7-15(8-10-17)16-13(12(2)3)14(4,5)11-18-15/h12-13,16H,6-11H2,1-5H3. The van der Waals surface area contributed by atoms with Crippen molar-refractivity contribution in [2.24, 2.45) is 11.3 Å². The van der Waals surface area contributed by atoms with E-state index in [0.717, 1.165) is 39.1 Å². The van der Waals surface area contributed by atoms with Gasteiger partial charge in [-0.05, 0) is 12.5 Å². The Morgan fingerprint density at radius 2 is 1.89 bits per heavy atom. The topological polar surface area (TPSA) is 24.5 Å². The lowest BCUT2D eigenvalue weighted by atomic mass is 9.76. The van der Waals surface area contributed by atoms with E-state index in [9.17, 15) is 0 Å². The molecule has 3 heteroatoms. The second kappa shape index (κ2) is 5.10. The fraction of sp³-hybridized carbons (Fsp3) is 1.00. The summed E-state index contributed by atoms with van der Waals surface area (Å²) in [5.41, 5.74) is 0.192. The summed E-state index contributed by atoms with van der Waals surface area (Å²) in [4.78, 5) is 2.51. The zero-order chi connectivity index (χ0) is 13.4. The monoisotopic (exact) mass is 254 g/mol. The number of piperidine rings is 1. The van der Waals surface area contributed by atoms with E-state index in [1.807, 2.05) is 0 Å². The molecule has 1 N–H and O–H groups in total. The van der Waals surface area contributed by atoms with Gasteiger partial charge in [-0.3, -0.25) is 5.32 Å². The smallest absolute Gasteiger partial charge is 0.121 e. The van der Waals surface area contributed by atoms with Crippen molar-refractivity contribution in [1.29, 1.82) is 0 Å². The number of likely N-dealkylation sites (tertiary alicyclic amines) is 1. The fourth-order valence-electron chi connectivity index (χ4n) is 3.52. The average Bonchev–Trinajstić information content (AvgIpc) is 2.33. The van der Waals surface area contributed by atoms with Gasteiger partial charge >= 0.3 is 0 Å². The minimum atomic E-state index is -0.0455. The molecule has 2 aliphatic heterocycles. The van der Waals surface area contributed by atoms with Crippen LogP contribution in [0.4, 0.5) is 0 Å². The first kappa shape index (κ1) is 14.3. The highest BCUT2D eigenvalue weighted by Gasteiger charge is 2.47. The molecule has 3 nitrogen and oxygen atoms in total. The Kier molecular flexibility index (Phi) is 4.05. The van der Waals surface area contributed by atoms with E-state index >= 15 is 0 Å². The summed E-state index contributed by atoms with van der Waals surface area (Å²) < 4.78 is 6.26. The van der Waals surface area contributed by atoms with Crippen molar-refractivity contribution >= 4 is 0 Å². The molecule has 0 saturated carbocycles. The number of hydrogen-bond donors (Lipinski definition) is 1. The number of rotatable bonds is 2. The second-order valence-electron chi connectivity index (χ2n) is 7.07. The van der Waals surface area contributed by atoms with Gasteiger partial charge in [0.2, 0.25) is 0 Å². The Bertz CT molecular complexity index is 280. The van der Waals surface area contributed by atoms with Gasteiger partial charge < -0.3 is 9.64 Å². The molecule has 0 aliphatic carbocycles. The average molecular weight is 254 g/mol. The normalized spacial score (nSPS) is 32.0. The first-order chi connectivity index (χ1) is 8.38. The van der Waals surface area contributed by atoms with Crippen LogP contribution in [0.2, 0.25) is 0 Å². The Hall–Kier alpha value is -0.120. The molecule has 0 aromatic carbocycles. The third-order valence-electron chi connectivity index (χ3n) is 4.76. The molecule has 2 aliphatic rings. The maximum Gasteiger partial charge on any atom is 0.121 e. The lowest BCUT2D eigenvalue weighted by molar-refractivity contribution is -0.184. The maximum atomic E-state index is 6.26. The van der Waals surface area contributed by atoms with Crippen LogP contribution < -0.4 is 5.32 Å². The van der Waals surface area contributed by atoms with Crippen LogP contribution in [0.25, 0.3) is 0 Å². The van der Waals surface area contributed by atoms with Crippen LogP contribution in [0.5, 0.6) is 0 Å². The second-order valence-corrected chi connectivity index (χ2v) is 7.07. The number of nitrogens with zero attached hydrogens (tertiary/aromatic N) is 1. The van der Waals surface area contributed by atoms with Crippen LogP contribution in [0, 0.1) is 11.3 Å². The zero-order valence-corrected chi connectivity index (χ0v) is 12.8. The SMILES string of the molecule is CCN1CCC2(CC1)NC(C(C)C)C(C)(C)CO2. The molecule has 18 heavy (non-hydrogen) atoms. The first-order valence-electron chi connectivity index (χ1n) is 7.52. The quantitative estimate of drug-likeness (QED) is 0.819. The summed E-state index contributed by atoms with van der Waals surface area (Å²) in [6.07, 6.45) is 2.25. The predicted molar refractivity (Wildman–Crippen MR) is 75.6 cm³/mol. The Labute approximate surface area is 112 Å². The van der Waals surface area contributed by atoms with Crippen molar-refractivity contribution in [1.82, 2.24) is 10.2 Å². The van der Waals surface area contributed by atoms with Gasteiger partial charge in [-0.2, -0.15) is 0 Å². The summed E-state index contributed by atoms with van der Waals surface area (Å²) in [5, 5.41) is 3.85. The molecule has 106 valence electrons. The molecule has 2 heterocycles. The largest absolute Gasteiger partial charge is 0.360 e. The third-order valence-corrected chi connectivity index (χ3v) is 4.76. The zero-order valence-electron chi connectivity index (χ0n) is 12.8. The Morgan fingerprint density at radius 3 is 2.39 bits per heavy atom. The minimum absolute atomic E-state index is 0.0455. The Morgan fingerprint density at radius 1 is 1.28 bits per heavy atom. The van der Waals surface area contributed by atoms with E-state index in [1.54, 1.807) is 0 Å². The third kappa shape index (κ3) is 2.73. The van der Waals surface area contributed by atoms with E-state index in [-0.39, 0.29) is 11.1 Å². The van der Waals surface area contributed by atoms with Crippen LogP contribution >= 0.6 is 0 Å². The van der Waals surface area contributed by atoms with E-state index in [4.69, 9.17) is 4.74 Å². The van der Waals surface area contributed by atoms with Crippen LogP contribution in [0.1, 0.15) is 47.5 Å². The first-order valence-corrected chi connectivity index (χ1v) is 7.52. The highest BCUT2D eigenvalue weighted by molar-refractivity contribution is 4.98. The summed E-state index contributed by atoms with van der Waals surface area (Å²) in [6, 6.07) is 0.555. The van der Waals surface area contributed by atoms with Gasteiger partial charge in [0, 0.05) is 37.4 Å². The van der Waals surface area contributed by atoms with Crippen molar-refractivity contribution in [2.75, 3.05) is 26.2 Å². The Balaban J connectivity index is 2.04. The maximum absolute atomic E-state index is 6.26. The van der Waals surface area contributed by atoms with Gasteiger partial charge in [0.05, 0.1) is 6.61 Å². The van der Waals surface area contributed by atoms with Crippen LogP contribution in [-0.4, -0.2) is 42.9 Å². The molecule has 0 aromatic rings. The van der Waals surface area contributed by atoms with E-state index in [1.165, 1.54) is 0 Å². The van der Waals surface area contributed by atoms with Gasteiger partial charge in [0.25, 0.3) is 0 Å². The molecule has 0 radical (unpaired) electrons. The van der Waals surface area contributed by atoms with Crippen LogP contribution in [0.3, 0.4) is 0 Å². The van der Waals surface area contributed by atoms with E-state index in [2.05, 4.69) is 44.8 Å². The molecule has 2 saturated heterocycles. The molecule has 2 rings (SSSR count). The highest BCUT2D eigenvalue weighted by atomic mass is 16.5. The summed E-state index contributed by atoms with van der Waals surface area (Å²) in [7, 11) is 0. The molecular weight excluding hydrogens is 224 g/mol. The van der Waals surface area contributed by atoms with Gasteiger partial charge in [-0.15, -0.1) is 0 Å². The number of nitrogens with one attached hydrogen (secondary N) is 1. The van der Waals surface area contributed by atoms with Gasteiger partial charge in [-0.25, -0.2) is 0 Å². The molecule has 0 amide bonds. The van der Waals surface area contributed by atoms with Crippen LogP contribution in [-0.2, 0) is 4.74 Å². The van der Waals surface area contributed by atoms with Crippen molar-refractivity contribution in [3.05, 3.63) is 0 Å². The van der Waals surface area contributed by atoms with Gasteiger partial charge in [0.15, 0.2) is 0 Å². The predicted octanol–water partition coefficient (Wildman–Crippen LogP) is 2.47. The molecular formula is C15H30N2O. The summed E-state index contributed by atoms with van der Waals surface area (Å²) in [6.45, 7) is 15.9. The van der Waals surface area contributed by atoms with Gasteiger partial charge in [-0.1, -0.05) is 34.6 Å². The molecule has 1 atom stereocenters. The summed E-state index contributed by atoms with van der Waals surface area (Å²) >= 11 is 0. The van der Waals surface area contributed by atoms with Crippen molar-refractivity contribution in [2.45, 2.75) is 59.2 Å². The number of hydrogen-bond acceptors (Lipinski definition) is 3. The van der Waals surface area contributed by atoms with Crippen molar-refractivity contribution in [3.63, 3.8) is 0 Å². The fourth-order valence-corrected chi connectivity index (χ4v) is 3.52. The lowest BCUT2D eigenvalue weighted by Gasteiger charge is -2.53. The molecule has 0 bridgehead atoms. The van der Waals surface area contributed by atoms with Crippen LogP contribution in [0.15, 0.2) is 0 Å².